The highest BCUT2D eigenvalue weighted by molar-refractivity contribution is 7.47. The summed E-state index contributed by atoms with van der Waals surface area (Å²) in [5.41, 5.74) is 1.47. The van der Waals surface area contributed by atoms with Crippen LogP contribution in [-0.2, 0) is 36.7 Å². The van der Waals surface area contributed by atoms with Crippen LogP contribution >= 0.6 is 62.0 Å². The molecule has 3 saturated heterocycles. The van der Waals surface area contributed by atoms with Crippen molar-refractivity contribution in [1.82, 2.24) is 19.1 Å². The van der Waals surface area contributed by atoms with Gasteiger partial charge < -0.3 is 38.6 Å². The van der Waals surface area contributed by atoms with Crippen LogP contribution < -0.4 is 0 Å². The Morgan fingerprint density at radius 3 is 1.43 bits per heavy atom. The van der Waals surface area contributed by atoms with E-state index in [1.807, 2.05) is 0 Å². The summed E-state index contributed by atoms with van der Waals surface area (Å²) in [5, 5.41) is 23.0. The van der Waals surface area contributed by atoms with Crippen molar-refractivity contribution >= 4 is 84.1 Å². The number of fused-ring (bicyclic) bond motifs is 6. The molecule has 3 aliphatic heterocycles. The molecule has 2 aromatic heterocycles. The summed E-state index contributed by atoms with van der Waals surface area (Å²) in [6.45, 7) is -1.53. The second-order valence-electron chi connectivity index (χ2n) is 10.6. The number of rotatable bonds is 2. The number of aliphatic hydroxyl groups is 2. The minimum Gasteiger partial charge on any atom is -0.387 e. The number of phosphoric acid groups is 2. The highest BCUT2D eigenvalue weighted by Gasteiger charge is 2.53. The van der Waals surface area contributed by atoms with Crippen LogP contribution in [0.1, 0.15) is 12.5 Å². The first-order chi connectivity index (χ1) is 21.7. The smallest absolute Gasteiger partial charge is 0.387 e. The first-order valence-electron chi connectivity index (χ1n) is 13.3. The molecule has 5 heterocycles. The van der Waals surface area contributed by atoms with Crippen LogP contribution in [0.2, 0.25) is 20.1 Å². The minimum atomic E-state index is -5.03. The van der Waals surface area contributed by atoms with E-state index >= 15 is 0 Å². The average Bonchev–Trinajstić information content (AvgIpc) is 3.72. The summed E-state index contributed by atoms with van der Waals surface area (Å²) in [6.07, 6.45) is -9.49. The van der Waals surface area contributed by atoms with Gasteiger partial charge in [0, 0.05) is 0 Å². The van der Waals surface area contributed by atoms with E-state index in [4.69, 9.17) is 74.0 Å². The molecule has 0 spiro atoms. The van der Waals surface area contributed by atoms with Crippen molar-refractivity contribution in [3.8, 4) is 0 Å². The maximum atomic E-state index is 13.2. The highest BCUT2D eigenvalue weighted by Crippen LogP contribution is 2.54. The SMILES string of the molecule is O=P1(O)OC[C@H]2O[C@@H](n3cnc4cc(Cl)c(Cl)cc43)C(OP(=O)(O)OC[C@H]3O[C@@H](n4cnc5cc(Cl)c(Cl)cc54)C(O1)C3O)C2O. The standard InChI is InChI=1S/C24H22Cl4N4O12P2/c25-9-1-13-15(3-11(9)27)31(7-29-13)23-21-19(33)17(41-23)5-39-46(37,38)44-22-20(34)18(6-40-45(35,36)43-21)42-24(22)32-8-30-14-2-10(26)12(28)4-16(14)32/h1-4,7-8,17-24,33-34H,5-6H2,(H,35,36)(H,37,38)/t17-,18-,19?,20?,21?,22?,23-,24-/m1/s1. The molecule has 46 heavy (non-hydrogen) atoms. The molecule has 22 heteroatoms. The zero-order valence-electron chi connectivity index (χ0n) is 22.7. The molecule has 3 fully saturated rings. The second-order valence-corrected chi connectivity index (χ2v) is 15.0. The maximum absolute atomic E-state index is 13.2. The molecule has 16 nitrogen and oxygen atoms in total. The molecule has 10 atom stereocenters. The summed E-state index contributed by atoms with van der Waals surface area (Å²) < 4.78 is 62.2. The van der Waals surface area contributed by atoms with E-state index in [0.717, 1.165) is 0 Å². The topological polar surface area (TPSA) is 206 Å². The number of nitrogens with zero attached hydrogens (tertiary/aromatic N) is 4. The Kier molecular flexibility index (Phi) is 8.77. The lowest BCUT2D eigenvalue weighted by molar-refractivity contribution is -0.0673. The van der Waals surface area contributed by atoms with Crippen molar-refractivity contribution in [2.24, 2.45) is 0 Å². The monoisotopic (exact) mass is 760 g/mol. The van der Waals surface area contributed by atoms with Gasteiger partial charge in [-0.05, 0) is 24.3 Å². The normalized spacial score (nSPS) is 37.2. The fourth-order valence-corrected chi connectivity index (χ4v) is 8.04. The van der Waals surface area contributed by atoms with Crippen LogP contribution in [0.15, 0.2) is 36.9 Å². The van der Waals surface area contributed by atoms with Crippen molar-refractivity contribution in [2.45, 2.75) is 49.1 Å². The summed E-state index contributed by atoms with van der Waals surface area (Å²) in [6, 6.07) is 5.90. The molecule has 7 rings (SSSR count). The van der Waals surface area contributed by atoms with Gasteiger partial charge in [-0.15, -0.1) is 0 Å². The van der Waals surface area contributed by atoms with Gasteiger partial charge in [0.15, 0.2) is 12.5 Å². The number of phosphoric ester groups is 2. The maximum Gasteiger partial charge on any atom is 0.472 e. The number of aromatic nitrogens is 4. The van der Waals surface area contributed by atoms with Crippen LogP contribution in [0.25, 0.3) is 22.1 Å². The van der Waals surface area contributed by atoms with Gasteiger partial charge in [0.05, 0.1) is 68.0 Å². The second kappa shape index (κ2) is 12.2. The molecule has 0 aliphatic carbocycles. The molecular formula is C24H22Cl4N4O12P2. The fraction of sp³-hybridized carbons (Fsp3) is 0.417. The van der Waals surface area contributed by atoms with Gasteiger partial charge in [0.1, 0.15) is 36.6 Å². The molecule has 4 bridgehead atoms. The Morgan fingerprint density at radius 2 is 1.04 bits per heavy atom. The van der Waals surface area contributed by atoms with Crippen LogP contribution in [0.5, 0.6) is 0 Å². The minimum absolute atomic E-state index is 0.169. The lowest BCUT2D eigenvalue weighted by atomic mass is 10.1. The fourth-order valence-electron chi connectivity index (χ4n) is 5.54. The average molecular weight is 762 g/mol. The van der Waals surface area contributed by atoms with E-state index in [-0.39, 0.29) is 20.1 Å². The van der Waals surface area contributed by atoms with Crippen molar-refractivity contribution < 1.29 is 56.7 Å². The molecule has 0 saturated carbocycles. The van der Waals surface area contributed by atoms with E-state index in [1.165, 1.54) is 46.1 Å². The van der Waals surface area contributed by atoms with Gasteiger partial charge in [0.2, 0.25) is 0 Å². The number of halogens is 4. The summed E-state index contributed by atoms with van der Waals surface area (Å²) in [7, 11) is -10.1. The van der Waals surface area contributed by atoms with Crippen molar-refractivity contribution in [1.29, 1.82) is 0 Å². The number of ether oxygens (including phenoxy) is 2. The molecule has 0 amide bonds. The number of hydrogen-bond acceptors (Lipinski definition) is 12. The van der Waals surface area contributed by atoms with Crippen LogP contribution in [-0.4, -0.2) is 88.9 Å². The molecule has 0 radical (unpaired) electrons. The van der Waals surface area contributed by atoms with Gasteiger partial charge in [-0.1, -0.05) is 46.4 Å². The lowest BCUT2D eigenvalue weighted by Gasteiger charge is -2.26. The largest absolute Gasteiger partial charge is 0.472 e. The van der Waals surface area contributed by atoms with E-state index in [9.17, 15) is 29.1 Å². The first-order valence-corrected chi connectivity index (χ1v) is 17.8. The van der Waals surface area contributed by atoms with Gasteiger partial charge in [-0.2, -0.15) is 0 Å². The number of benzene rings is 2. The van der Waals surface area contributed by atoms with Crippen molar-refractivity contribution in [3.05, 3.63) is 57.0 Å². The Morgan fingerprint density at radius 1 is 0.674 bits per heavy atom. The van der Waals surface area contributed by atoms with Gasteiger partial charge in [-0.25, -0.2) is 19.1 Å². The zero-order valence-corrected chi connectivity index (χ0v) is 27.6. The number of imidazole rings is 2. The molecule has 4 aromatic rings. The van der Waals surface area contributed by atoms with E-state index in [0.29, 0.717) is 22.1 Å². The van der Waals surface area contributed by atoms with Crippen molar-refractivity contribution in [3.63, 3.8) is 0 Å². The van der Waals surface area contributed by atoms with Crippen LogP contribution in [0.3, 0.4) is 0 Å². The quantitative estimate of drug-likeness (QED) is 0.211. The van der Waals surface area contributed by atoms with Gasteiger partial charge in [-0.3, -0.25) is 18.1 Å². The summed E-state index contributed by atoms with van der Waals surface area (Å²) in [5.74, 6) is 0. The number of hydrogen-bond donors (Lipinski definition) is 4. The Hall–Kier alpha value is -1.40. The van der Waals surface area contributed by atoms with E-state index in [2.05, 4.69) is 9.97 Å². The molecule has 2 aromatic carbocycles. The summed E-state index contributed by atoms with van der Waals surface area (Å²) >= 11 is 24.6. The Balaban J connectivity index is 1.22. The molecule has 248 valence electrons. The van der Waals surface area contributed by atoms with Gasteiger partial charge >= 0.3 is 15.6 Å². The van der Waals surface area contributed by atoms with E-state index < -0.39 is 77.9 Å². The number of aliphatic hydroxyl groups excluding tert-OH is 2. The van der Waals surface area contributed by atoms with Gasteiger partial charge in [0.25, 0.3) is 0 Å². The van der Waals surface area contributed by atoms with E-state index in [1.54, 1.807) is 0 Å². The van der Waals surface area contributed by atoms with Crippen LogP contribution in [0.4, 0.5) is 0 Å². The molecular weight excluding hydrogens is 740 g/mol. The Labute approximate surface area is 278 Å². The third-order valence-corrected chi connectivity index (χ3v) is 11.1. The molecule has 4 N–H and O–H groups in total. The third kappa shape index (κ3) is 6.03. The molecule has 3 aliphatic rings. The predicted octanol–water partition coefficient (Wildman–Crippen LogP) is 4.23. The first kappa shape index (κ1) is 33.1. The van der Waals surface area contributed by atoms with Crippen molar-refractivity contribution in [2.75, 3.05) is 13.2 Å². The highest BCUT2D eigenvalue weighted by atomic mass is 35.5. The predicted molar refractivity (Wildman–Crippen MR) is 161 cm³/mol. The lowest BCUT2D eigenvalue weighted by Crippen LogP contribution is -2.38. The zero-order chi connectivity index (χ0) is 32.7. The Bertz CT molecular complexity index is 1790. The third-order valence-electron chi connectivity index (χ3n) is 7.72. The van der Waals surface area contributed by atoms with Crippen LogP contribution in [0, 0.1) is 0 Å². The molecule has 6 unspecified atom stereocenters. The summed E-state index contributed by atoms with van der Waals surface area (Å²) in [4.78, 5) is 29.9.